The molecule has 1 N–H and O–H groups in total. The zero-order valence-electron chi connectivity index (χ0n) is 21.9. The number of aromatic carboxylic acids is 1. The molecule has 0 aromatic heterocycles. The maximum Gasteiger partial charge on any atom is 0.335 e. The number of carboxylic acids is 1. The van der Waals surface area contributed by atoms with Crippen LogP contribution in [0.2, 0.25) is 0 Å². The molecular formula is C34H36O3. The number of ether oxygens (including phenoxy) is 1. The van der Waals surface area contributed by atoms with Crippen LogP contribution in [0.15, 0.2) is 66.7 Å². The van der Waals surface area contributed by atoms with Crippen molar-refractivity contribution < 1.29 is 14.6 Å². The second-order valence-electron chi connectivity index (χ2n) is 11.8. The van der Waals surface area contributed by atoms with Gasteiger partial charge in [-0.25, -0.2) is 4.79 Å². The summed E-state index contributed by atoms with van der Waals surface area (Å²) >= 11 is 0. The van der Waals surface area contributed by atoms with Crippen LogP contribution in [0.25, 0.3) is 11.6 Å². The lowest BCUT2D eigenvalue weighted by atomic mass is 9.48. The summed E-state index contributed by atoms with van der Waals surface area (Å²) in [7, 11) is 1.81. The fourth-order valence-corrected chi connectivity index (χ4v) is 8.02. The summed E-state index contributed by atoms with van der Waals surface area (Å²) in [5.41, 5.74) is 7.42. The summed E-state index contributed by atoms with van der Waals surface area (Å²) in [5, 5.41) is 9.76. The van der Waals surface area contributed by atoms with E-state index in [1.165, 1.54) is 55.2 Å². The van der Waals surface area contributed by atoms with E-state index >= 15 is 0 Å². The highest BCUT2D eigenvalue weighted by molar-refractivity contribution is 5.90. The molecule has 37 heavy (non-hydrogen) atoms. The summed E-state index contributed by atoms with van der Waals surface area (Å²) < 4.78 is 5.92. The molecule has 4 bridgehead atoms. The first-order valence-corrected chi connectivity index (χ1v) is 13.7. The number of allylic oxidation sites excluding steroid dienone is 1. The van der Waals surface area contributed by atoms with E-state index in [2.05, 4.69) is 31.2 Å². The number of carboxylic acid groups (broad SMARTS) is 1. The molecule has 4 saturated carbocycles. The third-order valence-corrected chi connectivity index (χ3v) is 9.24. The number of carbonyl (C=O) groups is 1. The Hall–Kier alpha value is -3.33. The van der Waals surface area contributed by atoms with E-state index in [9.17, 15) is 9.90 Å². The lowest BCUT2D eigenvalue weighted by molar-refractivity contribution is -0.00616. The van der Waals surface area contributed by atoms with E-state index in [4.69, 9.17) is 4.74 Å². The van der Waals surface area contributed by atoms with Gasteiger partial charge in [0.05, 0.1) is 12.7 Å². The number of hydrogen-bond donors (Lipinski definition) is 1. The predicted octanol–water partition coefficient (Wildman–Crippen LogP) is 8.01. The Morgan fingerprint density at radius 1 is 0.946 bits per heavy atom. The molecule has 0 spiro atoms. The van der Waals surface area contributed by atoms with E-state index in [1.54, 1.807) is 13.2 Å². The van der Waals surface area contributed by atoms with Crippen LogP contribution in [0, 0.1) is 17.8 Å². The van der Waals surface area contributed by atoms with Crippen molar-refractivity contribution in [3.05, 3.63) is 100 Å². The first-order valence-electron chi connectivity index (χ1n) is 13.7. The highest BCUT2D eigenvalue weighted by Gasteiger charge is 2.52. The molecule has 3 nitrogen and oxygen atoms in total. The van der Waals surface area contributed by atoms with Crippen molar-refractivity contribution in [2.75, 3.05) is 7.11 Å². The molecule has 4 aliphatic carbocycles. The zero-order valence-corrected chi connectivity index (χ0v) is 21.9. The summed E-state index contributed by atoms with van der Waals surface area (Å²) in [4.78, 5) is 11.9. The molecule has 190 valence electrons. The predicted molar refractivity (Wildman–Crippen MR) is 149 cm³/mol. The molecular weight excluding hydrogens is 456 g/mol. The van der Waals surface area contributed by atoms with Gasteiger partial charge in [0.25, 0.3) is 0 Å². The van der Waals surface area contributed by atoms with Crippen molar-refractivity contribution >= 4 is 17.6 Å². The standard InChI is InChI=1S/C34H36O3/c1-22(12-24-8-10-30(33(35)36)29(17-24)16-23-6-4-3-5-7-23)28-9-11-32(37-2)31(18-28)34-19-25-13-26(20-34)15-27(14-25)21-34/h3-12,17-18,25-27H,13-16,19-21H2,1-2H3,(H,35,36). The summed E-state index contributed by atoms with van der Waals surface area (Å²) in [6, 6.07) is 22.5. The van der Waals surface area contributed by atoms with Crippen LogP contribution in [0.1, 0.15) is 83.6 Å². The molecule has 0 aliphatic heterocycles. The van der Waals surface area contributed by atoms with Crippen LogP contribution < -0.4 is 4.74 Å². The second-order valence-corrected chi connectivity index (χ2v) is 11.8. The second kappa shape index (κ2) is 9.52. The van der Waals surface area contributed by atoms with Gasteiger partial charge in [-0.15, -0.1) is 0 Å². The Morgan fingerprint density at radius 3 is 2.24 bits per heavy atom. The van der Waals surface area contributed by atoms with Gasteiger partial charge in [-0.3, -0.25) is 0 Å². The van der Waals surface area contributed by atoms with Gasteiger partial charge in [0.1, 0.15) is 5.75 Å². The van der Waals surface area contributed by atoms with Crippen molar-refractivity contribution in [1.82, 2.24) is 0 Å². The molecule has 3 heteroatoms. The van der Waals surface area contributed by atoms with Crippen molar-refractivity contribution in [3.8, 4) is 5.75 Å². The van der Waals surface area contributed by atoms with Crippen LogP contribution in [-0.4, -0.2) is 18.2 Å². The Labute approximate surface area is 220 Å². The minimum atomic E-state index is -0.881. The number of hydrogen-bond acceptors (Lipinski definition) is 2. The van der Waals surface area contributed by atoms with Crippen molar-refractivity contribution in [1.29, 1.82) is 0 Å². The number of methoxy groups -OCH3 is 1. The van der Waals surface area contributed by atoms with Gasteiger partial charge >= 0.3 is 5.97 Å². The monoisotopic (exact) mass is 492 g/mol. The van der Waals surface area contributed by atoms with Gasteiger partial charge in [0.15, 0.2) is 0 Å². The SMILES string of the molecule is COc1ccc(C(C)=Cc2ccc(C(=O)O)c(Cc3ccccc3)c2)cc1C12CC3CC(CC(C3)C1)C2. The number of rotatable bonds is 7. The van der Waals surface area contributed by atoms with Gasteiger partial charge in [0, 0.05) is 5.56 Å². The maximum atomic E-state index is 11.9. The average molecular weight is 493 g/mol. The topological polar surface area (TPSA) is 46.5 Å². The Kier molecular flexibility index (Phi) is 6.18. The Bertz CT molecular complexity index is 1320. The fourth-order valence-electron chi connectivity index (χ4n) is 8.02. The van der Waals surface area contributed by atoms with Crippen LogP contribution in [0.4, 0.5) is 0 Å². The van der Waals surface area contributed by atoms with E-state index in [-0.39, 0.29) is 5.41 Å². The summed E-state index contributed by atoms with van der Waals surface area (Å²) in [6.07, 6.45) is 11.0. The van der Waals surface area contributed by atoms with Gasteiger partial charge < -0.3 is 9.84 Å². The lowest BCUT2D eigenvalue weighted by Gasteiger charge is -2.57. The summed E-state index contributed by atoms with van der Waals surface area (Å²) in [6.45, 7) is 2.16. The Morgan fingerprint density at radius 2 is 1.62 bits per heavy atom. The van der Waals surface area contributed by atoms with Crippen LogP contribution in [0.3, 0.4) is 0 Å². The van der Waals surface area contributed by atoms with E-state index in [1.807, 2.05) is 42.5 Å². The quantitative estimate of drug-likeness (QED) is 0.340. The minimum absolute atomic E-state index is 0.266. The smallest absolute Gasteiger partial charge is 0.335 e. The average Bonchev–Trinajstić information content (AvgIpc) is 2.88. The van der Waals surface area contributed by atoms with E-state index < -0.39 is 5.97 Å². The minimum Gasteiger partial charge on any atom is -0.496 e. The molecule has 0 heterocycles. The highest BCUT2D eigenvalue weighted by atomic mass is 16.5. The van der Waals surface area contributed by atoms with Gasteiger partial charge in [-0.05, 0) is 121 Å². The normalized spacial score (nSPS) is 26.3. The van der Waals surface area contributed by atoms with Crippen molar-refractivity contribution in [2.24, 2.45) is 17.8 Å². The first-order chi connectivity index (χ1) is 17.9. The molecule has 0 amide bonds. The van der Waals surface area contributed by atoms with Gasteiger partial charge in [0.2, 0.25) is 0 Å². The zero-order chi connectivity index (χ0) is 25.6. The van der Waals surface area contributed by atoms with E-state index in [0.29, 0.717) is 12.0 Å². The highest BCUT2D eigenvalue weighted by Crippen LogP contribution is 2.62. The van der Waals surface area contributed by atoms with Crippen molar-refractivity contribution in [2.45, 2.75) is 57.3 Å². The number of benzene rings is 3. The molecule has 0 radical (unpaired) electrons. The van der Waals surface area contributed by atoms with Crippen LogP contribution in [0.5, 0.6) is 5.75 Å². The molecule has 4 aliphatic rings. The molecule has 7 rings (SSSR count). The largest absolute Gasteiger partial charge is 0.496 e. The molecule has 4 fully saturated rings. The molecule has 0 unspecified atom stereocenters. The lowest BCUT2D eigenvalue weighted by Crippen LogP contribution is -2.48. The van der Waals surface area contributed by atoms with Gasteiger partial charge in [-0.2, -0.15) is 0 Å². The molecule has 0 saturated heterocycles. The van der Waals surface area contributed by atoms with Crippen LogP contribution >= 0.6 is 0 Å². The van der Waals surface area contributed by atoms with Gasteiger partial charge in [-0.1, -0.05) is 54.6 Å². The third-order valence-electron chi connectivity index (χ3n) is 9.24. The van der Waals surface area contributed by atoms with E-state index in [0.717, 1.165) is 40.2 Å². The maximum absolute atomic E-state index is 11.9. The molecule has 0 atom stereocenters. The fraction of sp³-hybridized carbons (Fsp3) is 0.382. The first kappa shape index (κ1) is 24.0. The van der Waals surface area contributed by atoms with Crippen molar-refractivity contribution in [3.63, 3.8) is 0 Å². The third kappa shape index (κ3) is 4.61. The summed E-state index contributed by atoms with van der Waals surface area (Å²) in [5.74, 6) is 2.80. The molecule has 3 aromatic rings. The Balaban J connectivity index is 1.34. The van der Waals surface area contributed by atoms with Crippen LogP contribution in [-0.2, 0) is 11.8 Å². The molecule has 3 aromatic carbocycles.